The number of ether oxygens (including phenoxy) is 2. The number of ketones is 3. The summed E-state index contributed by atoms with van der Waals surface area (Å²) in [5.41, 5.74) is 1.55. The lowest BCUT2D eigenvalue weighted by molar-refractivity contribution is -0.149. The Kier molecular flexibility index (Phi) is 19.9. The number of methoxy groups -OCH3 is 2. The van der Waals surface area contributed by atoms with E-state index < -0.39 is 30.1 Å². The first kappa shape index (κ1) is 49.1. The van der Waals surface area contributed by atoms with Crippen molar-refractivity contribution in [1.29, 1.82) is 0 Å². The van der Waals surface area contributed by atoms with Gasteiger partial charge in [0.05, 0.1) is 35.7 Å². The monoisotopic (exact) mass is 824 g/mol. The third-order valence-corrected chi connectivity index (χ3v) is 13.8. The molecule has 0 radical (unpaired) electrons. The van der Waals surface area contributed by atoms with E-state index in [0.717, 1.165) is 29.8 Å². The fraction of sp³-hybridized carbons (Fsp3) is 0.702. The maximum absolute atomic E-state index is 14.4. The standard InChI is InChI=1S/C47H73N3O7S/c1-13-19-39(51)37-28-58-46(48-37)35(24-34-20-16-15-17-21-34)25-40(52)33(9)45(57-12)38-22-18-23-50(38)43(54)27-42(56-11)44(31(7)14-2)49(10)47(55)36(30(5)6)26-41(53)32(8)29(3)4/h15-17,20-21,28-33,35-36,38,42,44-45H,13-14,18-19,22-27H2,1-12H3. The zero-order valence-electron chi connectivity index (χ0n) is 37.5. The third-order valence-electron chi connectivity index (χ3n) is 12.8. The van der Waals surface area contributed by atoms with Gasteiger partial charge in [-0.3, -0.25) is 24.0 Å². The number of nitrogens with zero attached hydrogens (tertiary/aromatic N) is 3. The first-order chi connectivity index (χ1) is 27.5. The van der Waals surface area contributed by atoms with Gasteiger partial charge in [0.2, 0.25) is 11.8 Å². The van der Waals surface area contributed by atoms with Crippen LogP contribution in [-0.4, -0.2) is 96.1 Å². The van der Waals surface area contributed by atoms with Crippen LogP contribution in [0.2, 0.25) is 0 Å². The largest absolute Gasteiger partial charge is 0.379 e. The number of benzene rings is 1. The number of amides is 2. The van der Waals surface area contributed by atoms with Crippen LogP contribution in [0, 0.1) is 35.5 Å². The van der Waals surface area contributed by atoms with Crippen molar-refractivity contribution < 1.29 is 33.4 Å². The number of Topliss-reactive ketones (excluding diaryl/α,β-unsaturated/α-hetero) is 3. The predicted molar refractivity (Wildman–Crippen MR) is 232 cm³/mol. The van der Waals surface area contributed by atoms with Crippen LogP contribution in [0.4, 0.5) is 0 Å². The molecule has 1 aromatic heterocycles. The van der Waals surface area contributed by atoms with E-state index in [1.807, 2.05) is 89.1 Å². The number of aromatic nitrogens is 1. The van der Waals surface area contributed by atoms with Crippen molar-refractivity contribution in [3.05, 3.63) is 52.0 Å². The maximum atomic E-state index is 14.4. The average molecular weight is 824 g/mol. The van der Waals surface area contributed by atoms with Crippen LogP contribution >= 0.6 is 11.3 Å². The number of hydrogen-bond donors (Lipinski definition) is 0. The predicted octanol–water partition coefficient (Wildman–Crippen LogP) is 8.86. The van der Waals surface area contributed by atoms with E-state index in [1.165, 1.54) is 11.3 Å². The number of hydrogen-bond acceptors (Lipinski definition) is 9. The summed E-state index contributed by atoms with van der Waals surface area (Å²) in [6, 6.07) is 9.32. The fourth-order valence-corrected chi connectivity index (χ4v) is 9.44. The minimum absolute atomic E-state index is 0.0148. The molecule has 58 heavy (non-hydrogen) atoms. The van der Waals surface area contributed by atoms with Crippen LogP contribution in [0.3, 0.4) is 0 Å². The second kappa shape index (κ2) is 23.5. The molecule has 0 bridgehead atoms. The highest BCUT2D eigenvalue weighted by atomic mass is 32.1. The van der Waals surface area contributed by atoms with Gasteiger partial charge in [-0.2, -0.15) is 0 Å². The molecule has 0 spiro atoms. The Balaban J connectivity index is 1.82. The van der Waals surface area contributed by atoms with Gasteiger partial charge in [0.25, 0.3) is 0 Å². The summed E-state index contributed by atoms with van der Waals surface area (Å²) in [4.78, 5) is 77.1. The van der Waals surface area contributed by atoms with Crippen LogP contribution in [0.25, 0.3) is 0 Å². The molecule has 0 aliphatic carbocycles. The molecular weight excluding hydrogens is 751 g/mol. The highest BCUT2D eigenvalue weighted by Gasteiger charge is 2.43. The molecule has 11 heteroatoms. The van der Waals surface area contributed by atoms with Crippen LogP contribution in [0.5, 0.6) is 0 Å². The molecule has 9 atom stereocenters. The van der Waals surface area contributed by atoms with Gasteiger partial charge in [-0.05, 0) is 49.0 Å². The van der Waals surface area contributed by atoms with E-state index in [2.05, 4.69) is 13.8 Å². The molecule has 9 unspecified atom stereocenters. The second-order valence-electron chi connectivity index (χ2n) is 17.4. The Bertz CT molecular complexity index is 1630. The van der Waals surface area contributed by atoms with Gasteiger partial charge in [0, 0.05) is 76.1 Å². The molecule has 0 N–H and O–H groups in total. The molecule has 1 aliphatic rings. The van der Waals surface area contributed by atoms with Crippen molar-refractivity contribution in [3.8, 4) is 0 Å². The van der Waals surface area contributed by atoms with Crippen LogP contribution in [-0.2, 0) is 35.1 Å². The Morgan fingerprint density at radius 3 is 2.10 bits per heavy atom. The molecule has 1 aliphatic heterocycles. The molecule has 2 aromatic rings. The summed E-state index contributed by atoms with van der Waals surface area (Å²) in [5, 5.41) is 2.58. The topological polar surface area (TPSA) is 123 Å². The average Bonchev–Trinajstić information content (AvgIpc) is 3.90. The highest BCUT2D eigenvalue weighted by Crippen LogP contribution is 2.34. The quantitative estimate of drug-likeness (QED) is 0.0911. The number of carbonyl (C=O) groups excluding carboxylic acids is 5. The molecule has 1 saturated heterocycles. The van der Waals surface area contributed by atoms with Crippen LogP contribution in [0.15, 0.2) is 35.7 Å². The number of rotatable bonds is 25. The van der Waals surface area contributed by atoms with E-state index in [4.69, 9.17) is 14.5 Å². The van der Waals surface area contributed by atoms with E-state index in [9.17, 15) is 24.0 Å². The summed E-state index contributed by atoms with van der Waals surface area (Å²) in [6.07, 6.45) is 3.42. The molecule has 10 nitrogen and oxygen atoms in total. The van der Waals surface area contributed by atoms with Crippen molar-refractivity contribution in [2.75, 3.05) is 27.8 Å². The van der Waals surface area contributed by atoms with E-state index >= 15 is 0 Å². The molecule has 1 aromatic carbocycles. The van der Waals surface area contributed by atoms with Crippen molar-refractivity contribution in [2.24, 2.45) is 35.5 Å². The summed E-state index contributed by atoms with van der Waals surface area (Å²) in [6.45, 7) is 18.5. The molecule has 0 saturated carbocycles. The van der Waals surface area contributed by atoms with Crippen LogP contribution in [0.1, 0.15) is 141 Å². The maximum Gasteiger partial charge on any atom is 0.226 e. The molecule has 324 valence electrons. The normalized spacial score (nSPS) is 18.7. The van der Waals surface area contributed by atoms with Crippen molar-refractivity contribution >= 4 is 40.5 Å². The van der Waals surface area contributed by atoms with Gasteiger partial charge in [-0.25, -0.2) is 4.98 Å². The number of likely N-dealkylation sites (N-methyl/N-ethyl adjacent to an activating group) is 1. The second-order valence-corrected chi connectivity index (χ2v) is 18.3. The van der Waals surface area contributed by atoms with E-state index in [1.54, 1.807) is 26.2 Å². The van der Waals surface area contributed by atoms with Crippen LogP contribution < -0.4 is 0 Å². The Morgan fingerprint density at radius 2 is 1.53 bits per heavy atom. The van der Waals surface area contributed by atoms with Gasteiger partial charge >= 0.3 is 0 Å². The lowest BCUT2D eigenvalue weighted by Crippen LogP contribution is -2.54. The third kappa shape index (κ3) is 12.9. The minimum atomic E-state index is -0.582. The smallest absolute Gasteiger partial charge is 0.226 e. The lowest BCUT2D eigenvalue weighted by Gasteiger charge is -2.41. The van der Waals surface area contributed by atoms with Gasteiger partial charge in [-0.15, -0.1) is 11.3 Å². The molecule has 2 amide bonds. The zero-order chi connectivity index (χ0) is 43.3. The highest BCUT2D eigenvalue weighted by molar-refractivity contribution is 7.10. The Morgan fingerprint density at radius 1 is 0.879 bits per heavy atom. The summed E-state index contributed by atoms with van der Waals surface area (Å²) in [7, 11) is 4.99. The molecular formula is C47H73N3O7S. The lowest BCUT2D eigenvalue weighted by atomic mass is 9.82. The minimum Gasteiger partial charge on any atom is -0.379 e. The first-order valence-corrected chi connectivity index (χ1v) is 22.6. The van der Waals surface area contributed by atoms with E-state index in [0.29, 0.717) is 31.5 Å². The zero-order valence-corrected chi connectivity index (χ0v) is 38.3. The molecule has 2 heterocycles. The van der Waals surface area contributed by atoms with Gasteiger partial charge in [-0.1, -0.05) is 99.1 Å². The number of carbonyl (C=O) groups is 5. The Hall–Kier alpha value is -3.28. The Labute approximate surface area is 353 Å². The number of thiazole rings is 1. The van der Waals surface area contributed by atoms with Gasteiger partial charge in [0.1, 0.15) is 17.3 Å². The SMILES string of the molecule is CCCC(=O)c1csc(C(CC(=O)C(C)C(OC)C2CCCN2C(=O)CC(OC)C(C(C)CC)N(C)C(=O)C(CC(=O)C(C)C(C)C)C(C)C)Cc2ccccc2)n1. The number of likely N-dealkylation sites (tertiary alicyclic amines) is 1. The summed E-state index contributed by atoms with van der Waals surface area (Å²) >= 11 is 1.43. The van der Waals surface area contributed by atoms with Crippen molar-refractivity contribution in [2.45, 2.75) is 150 Å². The van der Waals surface area contributed by atoms with Crippen molar-refractivity contribution in [1.82, 2.24) is 14.8 Å². The first-order valence-electron chi connectivity index (χ1n) is 21.7. The summed E-state index contributed by atoms with van der Waals surface area (Å²) in [5.74, 6) is -1.23. The fourth-order valence-electron chi connectivity index (χ4n) is 8.52. The summed E-state index contributed by atoms with van der Waals surface area (Å²) < 4.78 is 12.2. The molecule has 3 rings (SSSR count). The molecule has 1 fully saturated rings. The van der Waals surface area contributed by atoms with E-state index in [-0.39, 0.29) is 84.1 Å². The van der Waals surface area contributed by atoms with Gasteiger partial charge in [0.15, 0.2) is 5.78 Å². The van der Waals surface area contributed by atoms with Crippen molar-refractivity contribution in [3.63, 3.8) is 0 Å². The van der Waals surface area contributed by atoms with Gasteiger partial charge < -0.3 is 19.3 Å².